The minimum Gasteiger partial charge on any atom is -0.390 e. The summed E-state index contributed by atoms with van der Waals surface area (Å²) in [5, 5.41) is 14.3. The first-order chi connectivity index (χ1) is 9.45. The van der Waals surface area contributed by atoms with Gasteiger partial charge in [-0.15, -0.1) is 11.3 Å². The number of aliphatic hydroxyl groups is 1. The summed E-state index contributed by atoms with van der Waals surface area (Å²) in [6.45, 7) is 2.75. The summed E-state index contributed by atoms with van der Waals surface area (Å²) in [6.07, 6.45) is 0.960. The van der Waals surface area contributed by atoms with E-state index in [1.807, 2.05) is 0 Å². The van der Waals surface area contributed by atoms with Crippen molar-refractivity contribution in [1.29, 1.82) is 0 Å². The third-order valence-electron chi connectivity index (χ3n) is 2.52. The molecular weight excluding hydrogens is 298 g/mol. The van der Waals surface area contributed by atoms with Crippen LogP contribution in [0.3, 0.4) is 0 Å². The van der Waals surface area contributed by atoms with Gasteiger partial charge in [-0.3, -0.25) is 4.99 Å². The first-order valence-electron chi connectivity index (χ1n) is 6.44. The molecule has 0 saturated carbocycles. The molecule has 6 nitrogen and oxygen atoms in total. The summed E-state index contributed by atoms with van der Waals surface area (Å²) in [5.41, 5.74) is 5.60. The Morgan fingerprint density at radius 2 is 2.35 bits per heavy atom. The predicted octanol–water partition coefficient (Wildman–Crippen LogP) is 0.587. The quantitative estimate of drug-likeness (QED) is 0.369. The van der Waals surface area contributed by atoms with E-state index in [0.29, 0.717) is 0 Å². The van der Waals surface area contributed by atoms with Gasteiger partial charge in [0.25, 0.3) is 0 Å². The number of hydrogen-bond acceptors (Lipinski definition) is 5. The summed E-state index contributed by atoms with van der Waals surface area (Å²) in [5.74, 6) is -0.120. The Bertz CT molecular complexity index is 512. The van der Waals surface area contributed by atoms with Crippen LogP contribution in [0.25, 0.3) is 0 Å². The fourth-order valence-corrected chi connectivity index (χ4v) is 3.95. The summed E-state index contributed by atoms with van der Waals surface area (Å²) in [7, 11) is -3.45. The lowest BCUT2D eigenvalue weighted by molar-refractivity contribution is 0.206. The Morgan fingerprint density at radius 3 is 2.95 bits per heavy atom. The zero-order valence-electron chi connectivity index (χ0n) is 11.4. The fraction of sp³-hybridized carbons (Fsp3) is 0.583. The largest absolute Gasteiger partial charge is 0.390 e. The molecule has 0 aliphatic carbocycles. The summed E-state index contributed by atoms with van der Waals surface area (Å²) in [6, 6.07) is 3.19. The third-order valence-corrected chi connectivity index (χ3v) is 5.81. The molecule has 0 radical (unpaired) electrons. The number of rotatable bonds is 8. The average Bonchev–Trinajstić information content (AvgIpc) is 2.91. The van der Waals surface area contributed by atoms with Crippen LogP contribution in [-0.2, 0) is 9.84 Å². The predicted molar refractivity (Wildman–Crippen MR) is 81.8 cm³/mol. The molecule has 0 amide bonds. The van der Waals surface area contributed by atoms with Crippen molar-refractivity contribution >= 4 is 27.1 Å². The normalized spacial score (nSPS) is 14.2. The zero-order chi connectivity index (χ0) is 15.0. The van der Waals surface area contributed by atoms with Gasteiger partial charge in [-0.1, -0.05) is 19.4 Å². The van der Waals surface area contributed by atoms with Gasteiger partial charge in [0.15, 0.2) is 15.8 Å². The minimum atomic E-state index is -3.45. The van der Waals surface area contributed by atoms with Crippen LogP contribution in [0.2, 0.25) is 0 Å². The first kappa shape index (κ1) is 16.9. The van der Waals surface area contributed by atoms with E-state index in [0.717, 1.165) is 30.7 Å². The second kappa shape index (κ2) is 8.23. The Balaban J connectivity index is 2.44. The number of sulfone groups is 1. The van der Waals surface area contributed by atoms with Crippen LogP contribution in [-0.4, -0.2) is 44.4 Å². The van der Waals surface area contributed by atoms with E-state index in [9.17, 15) is 13.5 Å². The molecule has 4 N–H and O–H groups in total. The van der Waals surface area contributed by atoms with Crippen molar-refractivity contribution in [2.24, 2.45) is 10.7 Å². The number of guanidine groups is 1. The number of unbranched alkanes of at least 4 members (excludes halogenated alkanes) is 1. The van der Waals surface area contributed by atoms with Gasteiger partial charge >= 0.3 is 0 Å². The van der Waals surface area contributed by atoms with Gasteiger partial charge in [-0.2, -0.15) is 0 Å². The first-order valence-corrected chi connectivity index (χ1v) is 8.97. The minimum absolute atomic E-state index is 0.0322. The molecule has 20 heavy (non-hydrogen) atoms. The van der Waals surface area contributed by atoms with Crippen LogP contribution in [0.4, 0.5) is 0 Å². The molecule has 0 saturated heterocycles. The Morgan fingerprint density at radius 1 is 1.60 bits per heavy atom. The SMILES string of the molecule is CCCCNC(N)=NCC(O)CS(=O)(=O)c1cccs1. The second-order valence-corrected chi connectivity index (χ2v) is 7.58. The van der Waals surface area contributed by atoms with Gasteiger partial charge < -0.3 is 16.2 Å². The molecule has 0 spiro atoms. The lowest BCUT2D eigenvalue weighted by Gasteiger charge is -2.09. The van der Waals surface area contributed by atoms with Crippen LogP contribution in [0, 0.1) is 0 Å². The van der Waals surface area contributed by atoms with Gasteiger partial charge in [0.1, 0.15) is 4.21 Å². The number of aliphatic imine (C=N–C) groups is 1. The molecule has 1 atom stereocenters. The van der Waals surface area contributed by atoms with Gasteiger partial charge in [-0.05, 0) is 17.9 Å². The van der Waals surface area contributed by atoms with Gasteiger partial charge in [-0.25, -0.2) is 8.42 Å². The van der Waals surface area contributed by atoms with E-state index in [1.54, 1.807) is 11.4 Å². The number of hydrogen-bond donors (Lipinski definition) is 3. The lowest BCUT2D eigenvalue weighted by atomic mass is 10.3. The molecule has 1 rings (SSSR count). The monoisotopic (exact) mass is 319 g/mol. The van der Waals surface area contributed by atoms with Crippen LogP contribution >= 0.6 is 11.3 Å². The molecule has 1 heterocycles. The molecule has 0 aliphatic heterocycles. The number of nitrogens with one attached hydrogen (secondary N) is 1. The topological polar surface area (TPSA) is 105 Å². The molecule has 0 fully saturated rings. The van der Waals surface area contributed by atoms with Crippen LogP contribution in [0.5, 0.6) is 0 Å². The van der Waals surface area contributed by atoms with E-state index < -0.39 is 15.9 Å². The standard InChI is InChI=1S/C12H21N3O3S2/c1-2-3-6-14-12(13)15-8-10(16)9-20(17,18)11-5-4-7-19-11/h4-5,7,10,16H,2-3,6,8-9H2,1H3,(H3,13,14,15). The average molecular weight is 319 g/mol. The maximum atomic E-state index is 11.9. The van der Waals surface area contributed by atoms with E-state index in [-0.39, 0.29) is 22.5 Å². The molecule has 1 unspecified atom stereocenters. The van der Waals surface area contributed by atoms with Crippen molar-refractivity contribution in [2.75, 3.05) is 18.8 Å². The van der Waals surface area contributed by atoms with Crippen LogP contribution in [0.1, 0.15) is 19.8 Å². The Kier molecular flexibility index (Phi) is 6.97. The second-order valence-electron chi connectivity index (χ2n) is 4.37. The number of aliphatic hydroxyl groups excluding tert-OH is 1. The molecule has 8 heteroatoms. The summed E-state index contributed by atoms with van der Waals surface area (Å²) >= 11 is 1.14. The molecule has 0 aromatic carbocycles. The van der Waals surface area contributed by atoms with Crippen molar-refractivity contribution in [2.45, 2.75) is 30.1 Å². The number of nitrogens with two attached hydrogens (primary N) is 1. The number of nitrogens with zero attached hydrogens (tertiary/aromatic N) is 1. The Labute approximate surface area is 123 Å². The molecular formula is C12H21N3O3S2. The highest BCUT2D eigenvalue weighted by Crippen LogP contribution is 2.18. The smallest absolute Gasteiger partial charge is 0.190 e. The highest BCUT2D eigenvalue weighted by atomic mass is 32.2. The van der Waals surface area contributed by atoms with Gasteiger partial charge in [0.2, 0.25) is 0 Å². The van der Waals surface area contributed by atoms with E-state index in [2.05, 4.69) is 17.2 Å². The van der Waals surface area contributed by atoms with E-state index >= 15 is 0 Å². The Hall–Kier alpha value is -1.12. The fourth-order valence-electron chi connectivity index (χ4n) is 1.48. The zero-order valence-corrected chi connectivity index (χ0v) is 13.1. The third kappa shape index (κ3) is 5.89. The lowest BCUT2D eigenvalue weighted by Crippen LogP contribution is -2.34. The highest BCUT2D eigenvalue weighted by molar-refractivity contribution is 7.93. The summed E-state index contributed by atoms with van der Waals surface area (Å²) < 4.78 is 24.1. The van der Waals surface area contributed by atoms with Crippen molar-refractivity contribution in [3.63, 3.8) is 0 Å². The highest BCUT2D eigenvalue weighted by Gasteiger charge is 2.20. The van der Waals surface area contributed by atoms with Crippen LogP contribution < -0.4 is 11.1 Å². The van der Waals surface area contributed by atoms with Gasteiger partial charge in [0.05, 0.1) is 18.4 Å². The van der Waals surface area contributed by atoms with Crippen molar-refractivity contribution in [3.8, 4) is 0 Å². The van der Waals surface area contributed by atoms with Crippen molar-refractivity contribution < 1.29 is 13.5 Å². The van der Waals surface area contributed by atoms with E-state index in [1.165, 1.54) is 6.07 Å². The maximum absolute atomic E-state index is 11.9. The molecule has 0 bridgehead atoms. The molecule has 1 aromatic heterocycles. The maximum Gasteiger partial charge on any atom is 0.190 e. The van der Waals surface area contributed by atoms with Gasteiger partial charge in [0, 0.05) is 6.54 Å². The number of thiophene rings is 1. The van der Waals surface area contributed by atoms with Crippen molar-refractivity contribution in [3.05, 3.63) is 17.5 Å². The summed E-state index contributed by atoms with van der Waals surface area (Å²) in [4.78, 5) is 3.93. The van der Waals surface area contributed by atoms with Crippen molar-refractivity contribution in [1.82, 2.24) is 5.32 Å². The molecule has 114 valence electrons. The molecule has 0 aliphatic rings. The molecule has 1 aromatic rings. The van der Waals surface area contributed by atoms with Crippen LogP contribution in [0.15, 0.2) is 26.7 Å². The van der Waals surface area contributed by atoms with E-state index in [4.69, 9.17) is 5.73 Å².